The minimum absolute atomic E-state index is 0.113. The summed E-state index contributed by atoms with van der Waals surface area (Å²) in [6.45, 7) is -0.887. The maximum atomic E-state index is 12.4. The van der Waals surface area contributed by atoms with E-state index in [2.05, 4.69) is 24.6 Å². The second-order valence-electron chi connectivity index (χ2n) is 9.58. The van der Waals surface area contributed by atoms with Crippen LogP contribution >= 0.6 is 0 Å². The number of rotatable bonds is 12. The van der Waals surface area contributed by atoms with Crippen LogP contribution in [-0.2, 0) is 44.7 Å². The molecule has 0 unspecified atom stereocenters. The van der Waals surface area contributed by atoms with Gasteiger partial charge in [-0.1, -0.05) is 6.07 Å². The van der Waals surface area contributed by atoms with Gasteiger partial charge in [-0.3, -0.25) is 13.7 Å². The zero-order valence-electron chi connectivity index (χ0n) is 24.0. The second kappa shape index (κ2) is 13.5. The van der Waals surface area contributed by atoms with E-state index < -0.39 is 102 Å². The number of hydrogen-bond donors (Lipinski definition) is 6. The van der Waals surface area contributed by atoms with E-state index in [1.807, 2.05) is 0 Å². The summed E-state index contributed by atoms with van der Waals surface area (Å²) < 4.78 is 128. The fraction of sp³-hybridized carbons (Fsp3) is 0.0800. The second-order valence-corrected chi connectivity index (χ2v) is 15.6. The number of phenolic OH excluding ortho intramolecular Hbond substituents is 1. The van der Waals surface area contributed by atoms with Gasteiger partial charge in [0, 0.05) is 0 Å². The predicted molar refractivity (Wildman–Crippen MR) is 167 cm³/mol. The molecule has 0 aliphatic rings. The molecule has 0 saturated heterocycles. The molecule has 4 aromatic carbocycles. The molecule has 0 aromatic heterocycles. The van der Waals surface area contributed by atoms with Crippen LogP contribution in [-0.4, -0.2) is 75.9 Å². The van der Waals surface area contributed by atoms with Gasteiger partial charge >= 0.3 is 16.4 Å². The summed E-state index contributed by atoms with van der Waals surface area (Å²) >= 11 is 0. The van der Waals surface area contributed by atoms with Crippen LogP contribution in [0.15, 0.2) is 95.8 Å². The van der Waals surface area contributed by atoms with Crippen molar-refractivity contribution in [2.45, 2.75) is 14.7 Å². The van der Waals surface area contributed by atoms with E-state index in [-0.39, 0.29) is 21.8 Å². The molecule has 0 bridgehead atoms. The molecule has 24 heteroatoms. The van der Waals surface area contributed by atoms with Gasteiger partial charge in [-0.2, -0.15) is 35.5 Å². The lowest BCUT2D eigenvalue weighted by atomic mass is 10.1. The molecule has 4 aromatic rings. The molecule has 0 amide bonds. The van der Waals surface area contributed by atoms with Crippen molar-refractivity contribution in [3.05, 3.63) is 66.2 Å². The number of sulfone groups is 1. The minimum Gasteiger partial charge on any atom is -0.505 e. The molecular formula is C25H21N5O15S4. The Hall–Kier alpha value is -4.95. The van der Waals surface area contributed by atoms with Crippen LogP contribution < -0.4 is 5.73 Å². The number of carboxylic acid groups (broad SMARTS) is 1. The van der Waals surface area contributed by atoms with Crippen molar-refractivity contribution in [3.63, 3.8) is 0 Å². The number of carboxylic acids is 1. The average Bonchev–Trinajstić information content (AvgIpc) is 2.98. The van der Waals surface area contributed by atoms with Gasteiger partial charge in [0.05, 0.1) is 45.3 Å². The lowest BCUT2D eigenvalue weighted by molar-refractivity contribution is 0.0696. The normalized spacial score (nSPS) is 13.0. The number of carbonyl (C=O) groups is 1. The highest BCUT2D eigenvalue weighted by atomic mass is 32.3. The summed E-state index contributed by atoms with van der Waals surface area (Å²) in [6, 6.07) is 10.4. The molecule has 0 spiro atoms. The maximum Gasteiger partial charge on any atom is 0.397 e. The lowest BCUT2D eigenvalue weighted by Gasteiger charge is -2.14. The van der Waals surface area contributed by atoms with Crippen LogP contribution in [0.1, 0.15) is 10.4 Å². The molecule has 7 N–H and O–H groups in total. The van der Waals surface area contributed by atoms with Crippen LogP contribution in [0.4, 0.5) is 28.4 Å². The number of phenols is 1. The Balaban J connectivity index is 1.83. The smallest absolute Gasteiger partial charge is 0.397 e. The highest BCUT2D eigenvalue weighted by Gasteiger charge is 2.28. The van der Waals surface area contributed by atoms with Gasteiger partial charge in [-0.15, -0.1) is 10.2 Å². The Morgan fingerprint density at radius 3 is 1.84 bits per heavy atom. The Kier molecular flexibility index (Phi) is 10.2. The van der Waals surface area contributed by atoms with Gasteiger partial charge in [0.25, 0.3) is 20.2 Å². The van der Waals surface area contributed by atoms with Crippen molar-refractivity contribution in [2.24, 2.45) is 20.5 Å². The molecule has 0 radical (unpaired) electrons. The van der Waals surface area contributed by atoms with Crippen LogP contribution in [0, 0.1) is 0 Å². The Labute approximate surface area is 276 Å². The zero-order valence-corrected chi connectivity index (χ0v) is 27.3. The third-order valence-corrected chi connectivity index (χ3v) is 10.2. The Morgan fingerprint density at radius 1 is 0.735 bits per heavy atom. The quantitative estimate of drug-likeness (QED) is 0.0680. The molecule has 0 aliphatic carbocycles. The molecule has 20 nitrogen and oxygen atoms in total. The average molecular weight is 760 g/mol. The first kappa shape index (κ1) is 36.9. The van der Waals surface area contributed by atoms with Gasteiger partial charge in [-0.25, -0.2) is 17.4 Å². The van der Waals surface area contributed by atoms with E-state index in [0.717, 1.165) is 30.3 Å². The molecule has 0 atom stereocenters. The molecule has 0 fully saturated rings. The SMILES string of the molecule is Nc1c(/N=N/c2ccc(S(=O)(=O)CCOS(=O)(=O)O)cc2)c(S(=O)(=O)O)cc2cc(S(=O)(=O)O)c(/N=N/c3cccc(C(=O)O)c3)c(O)c12. The van der Waals surface area contributed by atoms with E-state index >= 15 is 0 Å². The van der Waals surface area contributed by atoms with Gasteiger partial charge in [0.1, 0.15) is 21.2 Å². The fourth-order valence-electron chi connectivity index (χ4n) is 4.11. The van der Waals surface area contributed by atoms with Crippen molar-refractivity contribution in [2.75, 3.05) is 18.1 Å². The molecule has 0 aliphatic heterocycles. The van der Waals surface area contributed by atoms with Gasteiger partial charge < -0.3 is 15.9 Å². The van der Waals surface area contributed by atoms with E-state index in [1.54, 1.807) is 0 Å². The number of hydrogen-bond acceptors (Lipinski definition) is 16. The van der Waals surface area contributed by atoms with E-state index in [4.69, 9.17) is 10.3 Å². The number of anilines is 1. The molecule has 0 heterocycles. The van der Waals surface area contributed by atoms with Crippen LogP contribution in [0.2, 0.25) is 0 Å². The summed E-state index contributed by atoms with van der Waals surface area (Å²) in [5.41, 5.74) is 3.32. The molecule has 0 saturated carbocycles. The van der Waals surface area contributed by atoms with Crippen LogP contribution in [0.3, 0.4) is 0 Å². The van der Waals surface area contributed by atoms with E-state index in [0.29, 0.717) is 12.1 Å². The number of aromatic carboxylic acids is 1. The third-order valence-electron chi connectivity index (χ3n) is 6.27. The molecule has 49 heavy (non-hydrogen) atoms. The number of azo groups is 2. The lowest BCUT2D eigenvalue weighted by Crippen LogP contribution is -2.15. The standard InChI is InChI=1S/C25H21N5O15S4/c26-21-20-14(12-19(48(39,40)41)23(24(20)31)30-28-16-3-1-2-13(10-16)25(32)33)11-18(47(36,37)38)22(21)29-27-15-4-6-17(7-5-15)46(34,35)9-8-45-49(42,43)44/h1-7,10-12,31H,8-9,26H2,(H,32,33)(H,36,37,38)(H,39,40,41)(H,42,43,44)/b29-27+,30-28+. The summed E-state index contributed by atoms with van der Waals surface area (Å²) in [4.78, 5) is 8.84. The number of nitrogens with two attached hydrogens (primary N) is 1. The van der Waals surface area contributed by atoms with E-state index in [1.165, 1.54) is 18.2 Å². The first-order valence-corrected chi connectivity index (χ1v) is 18.7. The molecule has 4 rings (SSSR count). The van der Waals surface area contributed by atoms with Crippen molar-refractivity contribution in [1.29, 1.82) is 0 Å². The van der Waals surface area contributed by atoms with E-state index in [9.17, 15) is 57.8 Å². The largest absolute Gasteiger partial charge is 0.505 e. The Bertz CT molecular complexity index is 2500. The summed E-state index contributed by atoms with van der Waals surface area (Å²) in [5, 5.41) is 34.2. The fourth-order valence-corrected chi connectivity index (χ4v) is 6.93. The third kappa shape index (κ3) is 8.75. The predicted octanol–water partition coefficient (Wildman–Crippen LogP) is 3.74. The summed E-state index contributed by atoms with van der Waals surface area (Å²) in [6.07, 6.45) is 0. The topological polar surface area (TPSA) is 339 Å². The van der Waals surface area contributed by atoms with Crippen molar-refractivity contribution >= 4 is 85.7 Å². The maximum absolute atomic E-state index is 12.4. The zero-order chi connectivity index (χ0) is 36.5. The van der Waals surface area contributed by atoms with Crippen molar-refractivity contribution in [3.8, 4) is 5.75 Å². The minimum atomic E-state index is -5.21. The number of benzene rings is 4. The number of aromatic hydroxyl groups is 1. The first-order valence-electron chi connectivity index (χ1n) is 12.8. The van der Waals surface area contributed by atoms with Gasteiger partial charge in [0.15, 0.2) is 15.6 Å². The van der Waals surface area contributed by atoms with Gasteiger partial charge in [-0.05, 0) is 60.0 Å². The highest BCUT2D eigenvalue weighted by Crippen LogP contribution is 2.48. The number of nitrogen functional groups attached to an aromatic ring is 1. The summed E-state index contributed by atoms with van der Waals surface area (Å²) in [5.74, 6) is -3.22. The van der Waals surface area contributed by atoms with Crippen LogP contribution in [0.5, 0.6) is 5.75 Å². The monoisotopic (exact) mass is 759 g/mol. The number of nitrogens with zero attached hydrogens (tertiary/aromatic N) is 4. The van der Waals surface area contributed by atoms with Crippen molar-refractivity contribution < 1.29 is 66.5 Å². The molecule has 260 valence electrons. The van der Waals surface area contributed by atoms with Crippen molar-refractivity contribution in [1.82, 2.24) is 0 Å². The number of fused-ring (bicyclic) bond motifs is 1. The van der Waals surface area contributed by atoms with Crippen LogP contribution in [0.25, 0.3) is 10.8 Å². The molecular weight excluding hydrogens is 739 g/mol. The summed E-state index contributed by atoms with van der Waals surface area (Å²) in [7, 11) is -19.4. The Morgan fingerprint density at radius 2 is 1.29 bits per heavy atom. The van der Waals surface area contributed by atoms with Gasteiger partial charge in [0.2, 0.25) is 0 Å². The highest BCUT2D eigenvalue weighted by molar-refractivity contribution is 7.91. The first-order chi connectivity index (χ1) is 22.6.